The van der Waals surface area contributed by atoms with Gasteiger partial charge < -0.3 is 20.4 Å². The summed E-state index contributed by atoms with van der Waals surface area (Å²) in [5.41, 5.74) is 2.60. The second-order valence-corrected chi connectivity index (χ2v) is 7.86. The van der Waals surface area contributed by atoms with Crippen LogP contribution in [0.3, 0.4) is 0 Å². The van der Waals surface area contributed by atoms with Crippen molar-refractivity contribution in [2.24, 2.45) is 0 Å². The molecule has 4 rings (SSSR count). The van der Waals surface area contributed by atoms with Crippen molar-refractivity contribution in [1.29, 1.82) is 0 Å². The van der Waals surface area contributed by atoms with Crippen LogP contribution in [0.1, 0.15) is 17.5 Å². The predicted octanol–water partition coefficient (Wildman–Crippen LogP) is 2.53. The molecule has 1 aliphatic heterocycles. The number of aromatic nitrogens is 1. The number of hydrogen-bond donors (Lipinski definition) is 3. The van der Waals surface area contributed by atoms with Gasteiger partial charge in [-0.25, -0.2) is 9.18 Å². The number of halogens is 1. The Bertz CT molecular complexity index is 1190. The van der Waals surface area contributed by atoms with Gasteiger partial charge in [0.15, 0.2) is 0 Å². The molecule has 3 N–H and O–H groups in total. The Morgan fingerprint density at radius 3 is 2.79 bits per heavy atom. The van der Waals surface area contributed by atoms with E-state index in [0.29, 0.717) is 25.1 Å². The first kappa shape index (κ1) is 22.3. The molecule has 0 saturated carbocycles. The number of carbonyl (C=O) groups excluding carboxylic acids is 3. The lowest BCUT2D eigenvalue weighted by Crippen LogP contribution is -2.37. The molecule has 172 valence electrons. The van der Waals surface area contributed by atoms with Crippen LogP contribution in [-0.4, -0.2) is 54.0 Å². The first-order chi connectivity index (χ1) is 16.0. The molecule has 8 nitrogen and oxygen atoms in total. The van der Waals surface area contributed by atoms with Crippen LogP contribution < -0.4 is 15.4 Å². The molecule has 1 atom stereocenters. The quantitative estimate of drug-likeness (QED) is 0.434. The molecule has 33 heavy (non-hydrogen) atoms. The summed E-state index contributed by atoms with van der Waals surface area (Å²) < 4.78 is 18.8. The number of urea groups is 1. The van der Waals surface area contributed by atoms with Gasteiger partial charge in [0.2, 0.25) is 5.91 Å². The summed E-state index contributed by atoms with van der Waals surface area (Å²) >= 11 is 0. The van der Waals surface area contributed by atoms with Crippen LogP contribution in [0.15, 0.2) is 48.7 Å². The van der Waals surface area contributed by atoms with E-state index in [4.69, 9.17) is 4.74 Å². The van der Waals surface area contributed by atoms with Gasteiger partial charge in [0, 0.05) is 30.2 Å². The molecule has 1 aromatic heterocycles. The summed E-state index contributed by atoms with van der Waals surface area (Å²) in [5.74, 6) is -0.389. The summed E-state index contributed by atoms with van der Waals surface area (Å²) in [6, 6.07) is 10.5. The average Bonchev–Trinajstić information content (AvgIpc) is 3.32. The van der Waals surface area contributed by atoms with Crippen molar-refractivity contribution in [3.63, 3.8) is 0 Å². The lowest BCUT2D eigenvalue weighted by Gasteiger charge is -2.14. The molecule has 0 spiro atoms. The van der Waals surface area contributed by atoms with E-state index in [1.54, 1.807) is 19.4 Å². The van der Waals surface area contributed by atoms with Gasteiger partial charge in [-0.05, 0) is 48.2 Å². The number of benzene rings is 2. The highest BCUT2D eigenvalue weighted by molar-refractivity contribution is 6.05. The lowest BCUT2D eigenvalue weighted by molar-refractivity contribution is -0.130. The molecule has 1 unspecified atom stereocenters. The first-order valence-corrected chi connectivity index (χ1v) is 10.7. The molecule has 1 aliphatic rings. The van der Waals surface area contributed by atoms with Gasteiger partial charge in [-0.2, -0.15) is 0 Å². The van der Waals surface area contributed by atoms with Gasteiger partial charge in [0.05, 0.1) is 13.5 Å². The van der Waals surface area contributed by atoms with Crippen LogP contribution in [0.25, 0.3) is 10.9 Å². The highest BCUT2D eigenvalue weighted by Gasteiger charge is 2.38. The molecule has 0 aliphatic carbocycles. The average molecular weight is 452 g/mol. The van der Waals surface area contributed by atoms with E-state index >= 15 is 0 Å². The zero-order valence-electron chi connectivity index (χ0n) is 18.2. The molecule has 2 heterocycles. The number of nitrogens with zero attached hydrogens (tertiary/aromatic N) is 1. The number of amides is 4. The number of aromatic amines is 1. The normalized spacial score (nSPS) is 15.7. The van der Waals surface area contributed by atoms with Crippen molar-refractivity contribution in [3.8, 4) is 5.75 Å². The third-order valence-electron chi connectivity index (χ3n) is 5.74. The minimum absolute atomic E-state index is 0.141. The highest BCUT2D eigenvalue weighted by atomic mass is 19.1. The molecular formula is C24H25FN4O4. The molecule has 0 bridgehead atoms. The second-order valence-electron chi connectivity index (χ2n) is 7.86. The molecular weight excluding hydrogens is 427 g/mol. The summed E-state index contributed by atoms with van der Waals surface area (Å²) in [5, 5.41) is 6.12. The number of fused-ring (bicyclic) bond motifs is 1. The lowest BCUT2D eigenvalue weighted by atomic mass is 10.1. The monoisotopic (exact) mass is 452 g/mol. The Labute approximate surface area is 190 Å². The van der Waals surface area contributed by atoms with Crippen molar-refractivity contribution >= 4 is 28.7 Å². The SMILES string of the molecule is COc1ccccc1CCN1C(=O)NC(CC(=O)NCCc2c[nH]c3ccc(F)cc23)C1=O. The van der Waals surface area contributed by atoms with E-state index in [1.807, 2.05) is 24.3 Å². The second kappa shape index (κ2) is 9.72. The van der Waals surface area contributed by atoms with Crippen LogP contribution in [0.2, 0.25) is 0 Å². The minimum atomic E-state index is -0.891. The van der Waals surface area contributed by atoms with Crippen molar-refractivity contribution in [2.45, 2.75) is 25.3 Å². The molecule has 9 heteroatoms. The van der Waals surface area contributed by atoms with Crippen LogP contribution >= 0.6 is 0 Å². The van der Waals surface area contributed by atoms with E-state index in [9.17, 15) is 18.8 Å². The van der Waals surface area contributed by atoms with Crippen molar-refractivity contribution in [1.82, 2.24) is 20.5 Å². The van der Waals surface area contributed by atoms with Gasteiger partial charge in [-0.3, -0.25) is 14.5 Å². The van der Waals surface area contributed by atoms with Crippen LogP contribution in [-0.2, 0) is 22.4 Å². The van der Waals surface area contributed by atoms with E-state index in [2.05, 4.69) is 15.6 Å². The van der Waals surface area contributed by atoms with Crippen LogP contribution in [0.4, 0.5) is 9.18 Å². The smallest absolute Gasteiger partial charge is 0.324 e. The highest BCUT2D eigenvalue weighted by Crippen LogP contribution is 2.20. The fourth-order valence-electron chi connectivity index (χ4n) is 4.02. The standard InChI is InChI=1S/C24H25FN4O4/c1-33-21-5-3-2-4-15(21)9-11-29-23(31)20(28-24(29)32)13-22(30)26-10-8-16-14-27-19-7-6-17(25)12-18(16)19/h2-7,12,14,20,27H,8-11,13H2,1H3,(H,26,30)(H,28,32). The molecule has 1 fully saturated rings. The van der Waals surface area contributed by atoms with Crippen molar-refractivity contribution < 1.29 is 23.5 Å². The number of carbonyl (C=O) groups is 3. The molecule has 3 aromatic rings. The maximum Gasteiger partial charge on any atom is 0.324 e. The van der Waals surface area contributed by atoms with E-state index in [1.165, 1.54) is 12.1 Å². The zero-order valence-corrected chi connectivity index (χ0v) is 18.2. The third-order valence-corrected chi connectivity index (χ3v) is 5.74. The van der Waals surface area contributed by atoms with E-state index in [-0.39, 0.29) is 24.7 Å². The molecule has 2 aromatic carbocycles. The molecule has 4 amide bonds. The third kappa shape index (κ3) is 4.97. The number of ether oxygens (including phenoxy) is 1. The van der Waals surface area contributed by atoms with Gasteiger partial charge in [0.1, 0.15) is 17.6 Å². The Hall–Kier alpha value is -3.88. The predicted molar refractivity (Wildman–Crippen MR) is 120 cm³/mol. The van der Waals surface area contributed by atoms with Gasteiger partial charge >= 0.3 is 6.03 Å². The van der Waals surface area contributed by atoms with Crippen LogP contribution in [0, 0.1) is 5.82 Å². The number of para-hydroxylation sites is 1. The number of rotatable bonds is 9. The Morgan fingerprint density at radius 1 is 1.15 bits per heavy atom. The van der Waals surface area contributed by atoms with Gasteiger partial charge in [-0.15, -0.1) is 0 Å². The minimum Gasteiger partial charge on any atom is -0.496 e. The van der Waals surface area contributed by atoms with Crippen LogP contribution in [0.5, 0.6) is 5.75 Å². The summed E-state index contributed by atoms with van der Waals surface area (Å²) in [6.45, 7) is 0.523. The topological polar surface area (TPSA) is 104 Å². The summed E-state index contributed by atoms with van der Waals surface area (Å²) in [7, 11) is 1.57. The maximum atomic E-state index is 13.5. The number of hydrogen-bond acceptors (Lipinski definition) is 4. The summed E-state index contributed by atoms with van der Waals surface area (Å²) in [4.78, 5) is 41.5. The number of methoxy groups -OCH3 is 1. The van der Waals surface area contributed by atoms with Crippen molar-refractivity contribution in [3.05, 3.63) is 65.6 Å². The number of imide groups is 1. The number of nitrogens with one attached hydrogen (secondary N) is 3. The maximum absolute atomic E-state index is 13.5. The Balaban J connectivity index is 1.27. The van der Waals surface area contributed by atoms with E-state index in [0.717, 1.165) is 26.9 Å². The van der Waals surface area contributed by atoms with Gasteiger partial charge in [0.25, 0.3) is 5.91 Å². The Kier molecular flexibility index (Phi) is 6.58. The molecule has 0 radical (unpaired) electrons. The fourth-order valence-corrected chi connectivity index (χ4v) is 4.02. The molecule has 1 saturated heterocycles. The number of H-pyrrole nitrogens is 1. The van der Waals surface area contributed by atoms with E-state index < -0.39 is 18.0 Å². The zero-order chi connectivity index (χ0) is 23.4. The fraction of sp³-hybridized carbons (Fsp3) is 0.292. The first-order valence-electron chi connectivity index (χ1n) is 10.7. The van der Waals surface area contributed by atoms with Gasteiger partial charge in [-0.1, -0.05) is 18.2 Å². The Morgan fingerprint density at radius 2 is 1.97 bits per heavy atom. The largest absolute Gasteiger partial charge is 0.496 e. The van der Waals surface area contributed by atoms with Crippen molar-refractivity contribution in [2.75, 3.05) is 20.2 Å². The summed E-state index contributed by atoms with van der Waals surface area (Å²) in [6.07, 6.45) is 2.60.